The van der Waals surface area contributed by atoms with Crippen LogP contribution in [0, 0.1) is 56.2 Å². The zero-order valence-corrected chi connectivity index (χ0v) is 30.7. The first kappa shape index (κ1) is 36.1. The van der Waals surface area contributed by atoms with Gasteiger partial charge in [0.05, 0.1) is 5.41 Å². The fourth-order valence-electron chi connectivity index (χ4n) is 12.8. The number of allylic oxidation sites excluding steroid dienone is 1. The van der Waals surface area contributed by atoms with Crippen LogP contribution >= 0.6 is 0 Å². The topological polar surface area (TPSA) is 155 Å². The van der Waals surface area contributed by atoms with Gasteiger partial charge in [-0.1, -0.05) is 53.7 Å². The molecule has 1 aromatic carbocycles. The molecule has 6 rings (SSSR count). The molecule has 0 saturated heterocycles. The Hall–Kier alpha value is -2.72. The molecule has 8 atom stereocenters. The van der Waals surface area contributed by atoms with Crippen molar-refractivity contribution in [3.05, 3.63) is 29.8 Å². The average molecular weight is 699 g/mol. The van der Waals surface area contributed by atoms with Crippen molar-refractivity contribution in [1.29, 1.82) is 0 Å². The number of carboxylic acids is 1. The van der Waals surface area contributed by atoms with E-state index < -0.39 is 44.1 Å². The van der Waals surface area contributed by atoms with Crippen LogP contribution in [-0.4, -0.2) is 40.7 Å². The van der Waals surface area contributed by atoms with Gasteiger partial charge < -0.3 is 14.4 Å². The summed E-state index contributed by atoms with van der Waals surface area (Å²) in [6.45, 7) is 13.6. The SMILES string of the molecule is CC1(C)CC[C@]2(C(=O)O)CC[C@]3(CC(=O)/C=C/c4ccc(OS(=O)(=O)O)c(O)c4)[C@H](CC[C@@H]4[C@@]5(C)CCC(=O)C(C)(C)[C@@H]5CC[C@]43C)[C@@H]2C1. The summed E-state index contributed by atoms with van der Waals surface area (Å²) in [5, 5.41) is 21.2. The lowest BCUT2D eigenvalue weighted by Crippen LogP contribution is -2.68. The van der Waals surface area contributed by atoms with E-state index in [1.54, 1.807) is 6.08 Å². The highest BCUT2D eigenvalue weighted by atomic mass is 32.3. The number of phenols is 1. The Kier molecular flexibility index (Phi) is 8.58. The number of hydrogen-bond acceptors (Lipinski definition) is 7. The van der Waals surface area contributed by atoms with Crippen LogP contribution < -0.4 is 4.18 Å². The lowest BCUT2D eigenvalue weighted by atomic mass is 9.30. The summed E-state index contributed by atoms with van der Waals surface area (Å²) in [6, 6.07) is 3.97. The number of rotatable bonds is 7. The number of carbonyl (C=O) groups excluding carboxylic acids is 2. The van der Waals surface area contributed by atoms with Crippen LogP contribution in [0.5, 0.6) is 11.5 Å². The van der Waals surface area contributed by atoms with Gasteiger partial charge in [-0.15, -0.1) is 0 Å². The fourth-order valence-corrected chi connectivity index (χ4v) is 13.2. The van der Waals surface area contributed by atoms with Crippen molar-refractivity contribution in [2.24, 2.45) is 56.2 Å². The van der Waals surface area contributed by atoms with Gasteiger partial charge in [0.2, 0.25) is 0 Å². The quantitative estimate of drug-likeness (QED) is 0.189. The molecule has 0 aliphatic heterocycles. The van der Waals surface area contributed by atoms with Gasteiger partial charge in [-0.25, -0.2) is 0 Å². The van der Waals surface area contributed by atoms with Gasteiger partial charge in [0.15, 0.2) is 17.3 Å². The van der Waals surface area contributed by atoms with Crippen molar-refractivity contribution in [3.63, 3.8) is 0 Å². The number of carbonyl (C=O) groups is 3. The summed E-state index contributed by atoms with van der Waals surface area (Å²) >= 11 is 0. The number of aromatic hydroxyl groups is 1. The van der Waals surface area contributed by atoms with Crippen LogP contribution in [0.1, 0.15) is 124 Å². The number of phenolic OH excluding ortho intramolecular Hbond substituents is 1. The Bertz CT molecular complexity index is 1690. The van der Waals surface area contributed by atoms with E-state index in [0.717, 1.165) is 44.9 Å². The van der Waals surface area contributed by atoms with E-state index in [1.165, 1.54) is 24.3 Å². The predicted octanol–water partition coefficient (Wildman–Crippen LogP) is 8.06. The van der Waals surface area contributed by atoms with E-state index in [1.807, 2.05) is 0 Å². The lowest BCUT2D eigenvalue weighted by molar-refractivity contribution is -0.250. The Balaban J connectivity index is 1.40. The summed E-state index contributed by atoms with van der Waals surface area (Å²) in [5.74, 6) is -0.707. The maximum Gasteiger partial charge on any atom is 0.446 e. The van der Waals surface area contributed by atoms with Crippen LogP contribution in [0.4, 0.5) is 0 Å². The molecule has 1 aromatic rings. The zero-order chi connectivity index (χ0) is 36.0. The van der Waals surface area contributed by atoms with Crippen molar-refractivity contribution in [2.75, 3.05) is 0 Å². The molecule has 0 bridgehead atoms. The molecule has 5 aliphatic rings. The molecule has 0 radical (unpaired) electrons. The molecule has 0 amide bonds. The third-order valence-electron chi connectivity index (χ3n) is 15.2. The number of aliphatic carboxylic acids is 1. The second kappa shape index (κ2) is 11.7. The predicted molar refractivity (Wildman–Crippen MR) is 185 cm³/mol. The van der Waals surface area contributed by atoms with E-state index in [0.29, 0.717) is 49.4 Å². The molecular formula is C39H54O9S. The minimum Gasteiger partial charge on any atom is -0.504 e. The standard InChI is InChI=1S/C39H54O9S/c1-34(2)17-18-38(33(43)44)19-20-39(22-25(40)9-7-24-8-11-29(28(41)21-24)48-49(45,46)47)26(27(38)23-34)10-12-31-36(5)15-14-32(42)35(3,4)30(36)13-16-37(31,39)6/h7-9,11,21,26-27,30-31,41H,10,12-20,22-23H2,1-6H3,(H,43,44)(H,45,46,47)/b9-7+/t26-,27+,30+,31-,36+,37-,38+,39+/m1/s1. The molecule has 5 aliphatic carbocycles. The monoisotopic (exact) mass is 698 g/mol. The van der Waals surface area contributed by atoms with Gasteiger partial charge in [-0.3, -0.25) is 18.9 Å². The smallest absolute Gasteiger partial charge is 0.446 e. The van der Waals surface area contributed by atoms with Crippen molar-refractivity contribution < 1.29 is 41.8 Å². The van der Waals surface area contributed by atoms with E-state index in [2.05, 4.69) is 45.7 Å². The van der Waals surface area contributed by atoms with Gasteiger partial charge in [0.25, 0.3) is 0 Å². The molecule has 0 unspecified atom stereocenters. The number of carboxylic acid groups (broad SMARTS) is 1. The third kappa shape index (κ3) is 5.67. The van der Waals surface area contributed by atoms with Gasteiger partial charge in [0, 0.05) is 18.3 Å². The molecular weight excluding hydrogens is 644 g/mol. The minimum absolute atomic E-state index is 0.0129. The Morgan fingerprint density at radius 3 is 2.27 bits per heavy atom. The average Bonchev–Trinajstić information content (AvgIpc) is 2.98. The highest BCUT2D eigenvalue weighted by molar-refractivity contribution is 7.81. The van der Waals surface area contributed by atoms with Crippen molar-refractivity contribution >= 4 is 34.0 Å². The largest absolute Gasteiger partial charge is 0.504 e. The summed E-state index contributed by atoms with van der Waals surface area (Å²) < 4.78 is 35.6. The molecule has 3 N–H and O–H groups in total. The molecule has 5 saturated carbocycles. The molecule has 270 valence electrons. The Labute approximate surface area is 291 Å². The summed E-state index contributed by atoms with van der Waals surface area (Å²) in [5.41, 5.74) is -1.40. The maximum absolute atomic E-state index is 14.3. The zero-order valence-electron chi connectivity index (χ0n) is 29.9. The van der Waals surface area contributed by atoms with Gasteiger partial charge in [-0.05, 0) is 133 Å². The molecule has 0 spiro atoms. The molecule has 9 nitrogen and oxygen atoms in total. The first-order valence-corrected chi connectivity index (χ1v) is 19.4. The van der Waals surface area contributed by atoms with Crippen molar-refractivity contribution in [1.82, 2.24) is 0 Å². The second-order valence-electron chi connectivity index (χ2n) is 18.2. The van der Waals surface area contributed by atoms with E-state index >= 15 is 0 Å². The Morgan fingerprint density at radius 1 is 0.918 bits per heavy atom. The van der Waals surface area contributed by atoms with Crippen LogP contribution in [-0.2, 0) is 24.8 Å². The van der Waals surface area contributed by atoms with Crippen LogP contribution in [0.15, 0.2) is 24.3 Å². The van der Waals surface area contributed by atoms with Crippen molar-refractivity contribution in [3.8, 4) is 11.5 Å². The number of ketones is 2. The van der Waals surface area contributed by atoms with Gasteiger partial charge >= 0.3 is 16.4 Å². The first-order chi connectivity index (χ1) is 22.6. The highest BCUT2D eigenvalue weighted by Gasteiger charge is 2.72. The second-order valence-corrected chi connectivity index (χ2v) is 19.2. The number of Topliss-reactive ketones (excluding diaryl/α,β-unsaturated/α-hetero) is 1. The molecule has 49 heavy (non-hydrogen) atoms. The van der Waals surface area contributed by atoms with Crippen LogP contribution in [0.25, 0.3) is 6.08 Å². The van der Waals surface area contributed by atoms with Gasteiger partial charge in [-0.2, -0.15) is 8.42 Å². The minimum atomic E-state index is -4.81. The normalized spacial score (nSPS) is 39.6. The van der Waals surface area contributed by atoms with Crippen LogP contribution in [0.2, 0.25) is 0 Å². The maximum atomic E-state index is 14.3. The first-order valence-electron chi connectivity index (χ1n) is 18.1. The van der Waals surface area contributed by atoms with E-state index in [-0.39, 0.29) is 39.8 Å². The lowest BCUT2D eigenvalue weighted by Gasteiger charge is -2.73. The van der Waals surface area contributed by atoms with Crippen LogP contribution in [0.3, 0.4) is 0 Å². The number of fused-ring (bicyclic) bond motifs is 7. The molecule has 0 heterocycles. The highest BCUT2D eigenvalue weighted by Crippen LogP contribution is 2.77. The van der Waals surface area contributed by atoms with E-state index in [4.69, 9.17) is 4.55 Å². The molecule has 5 fully saturated rings. The number of benzene rings is 1. The molecule has 0 aromatic heterocycles. The fraction of sp³-hybridized carbons (Fsp3) is 0.718. The number of hydrogen-bond donors (Lipinski definition) is 3. The Morgan fingerprint density at radius 2 is 1.61 bits per heavy atom. The summed E-state index contributed by atoms with van der Waals surface area (Å²) in [7, 11) is -4.81. The van der Waals surface area contributed by atoms with Gasteiger partial charge in [0.1, 0.15) is 5.78 Å². The van der Waals surface area contributed by atoms with E-state index in [9.17, 15) is 33.0 Å². The summed E-state index contributed by atoms with van der Waals surface area (Å²) in [4.78, 5) is 40.7. The summed E-state index contributed by atoms with van der Waals surface area (Å²) in [6.07, 6.45) is 12.1. The van der Waals surface area contributed by atoms with Crippen molar-refractivity contribution in [2.45, 2.75) is 119 Å². The molecule has 10 heteroatoms. The third-order valence-corrected chi connectivity index (χ3v) is 15.6.